The van der Waals surface area contributed by atoms with Crippen LogP contribution in [0.1, 0.15) is 63.3 Å². The van der Waals surface area contributed by atoms with Crippen LogP contribution in [0.25, 0.3) is 0 Å². The predicted molar refractivity (Wildman–Crippen MR) is 116 cm³/mol. The minimum absolute atomic E-state index is 0.717. The second-order valence-electron chi connectivity index (χ2n) is 6.67. The monoisotopic (exact) mass is 404 g/mol. The second-order valence-corrected chi connectivity index (χ2v) is 7.44. The van der Waals surface area contributed by atoms with E-state index < -0.39 is 0 Å². The molecule has 6 nitrogen and oxygen atoms in total. The van der Waals surface area contributed by atoms with Crippen molar-refractivity contribution < 1.29 is 9.47 Å². The van der Waals surface area contributed by atoms with E-state index in [4.69, 9.17) is 9.47 Å². The number of hydrogen-bond donors (Lipinski definition) is 0. The molecule has 0 bridgehead atoms. The first-order valence-electron chi connectivity index (χ1n) is 10.0. The molecule has 1 aromatic heterocycles. The van der Waals surface area contributed by atoms with Crippen molar-refractivity contribution in [1.82, 2.24) is 14.9 Å². The highest BCUT2D eigenvalue weighted by Crippen LogP contribution is 2.28. The number of ether oxygens (including phenoxy) is 2. The Kier molecular flexibility index (Phi) is 9.90. The van der Waals surface area contributed by atoms with E-state index in [0.29, 0.717) is 6.61 Å². The van der Waals surface area contributed by atoms with Gasteiger partial charge in [-0.1, -0.05) is 57.2 Å². The molecule has 0 radical (unpaired) electrons. The number of nitrogens with zero attached hydrogens (tertiary/aromatic N) is 4. The molecule has 0 unspecified atom stereocenters. The van der Waals surface area contributed by atoms with Gasteiger partial charge in [0.2, 0.25) is 5.16 Å². The average molecular weight is 405 g/mol. The maximum Gasteiger partial charge on any atom is 0.211 e. The Balaban J connectivity index is 1.87. The van der Waals surface area contributed by atoms with Crippen LogP contribution in [0.3, 0.4) is 0 Å². The van der Waals surface area contributed by atoms with Gasteiger partial charge in [0.25, 0.3) is 0 Å². The molecule has 0 aliphatic heterocycles. The molecule has 1 aromatic carbocycles. The zero-order chi connectivity index (χ0) is 20.2. The molecular weight excluding hydrogens is 372 g/mol. The van der Waals surface area contributed by atoms with Crippen LogP contribution < -0.4 is 9.47 Å². The molecular formula is C21H32N4O2S. The molecule has 0 saturated heterocycles. The summed E-state index contributed by atoms with van der Waals surface area (Å²) in [4.78, 5) is 0. The molecule has 2 aromatic rings. The molecule has 0 N–H and O–H groups in total. The number of aromatic nitrogens is 3. The largest absolute Gasteiger partial charge is 0.493 e. The zero-order valence-electron chi connectivity index (χ0n) is 17.5. The fourth-order valence-corrected chi connectivity index (χ4v) is 3.32. The van der Waals surface area contributed by atoms with Gasteiger partial charge < -0.3 is 9.47 Å². The standard InChI is InChI=1S/C21H32N4O2S/c1-5-6-7-8-9-10-11-14-27-19-13-12-18(15-20(19)26-3)16-22-25-17(2)23-24-21(25)28-4/h12-13,15-16H,5-11,14H2,1-4H3/b22-16-. The van der Waals surface area contributed by atoms with Crippen LogP contribution in [-0.2, 0) is 0 Å². The highest BCUT2D eigenvalue weighted by atomic mass is 32.2. The van der Waals surface area contributed by atoms with Crippen LogP contribution in [0.5, 0.6) is 11.5 Å². The molecule has 7 heteroatoms. The van der Waals surface area contributed by atoms with Gasteiger partial charge in [0, 0.05) is 0 Å². The molecule has 0 aliphatic rings. The van der Waals surface area contributed by atoms with Gasteiger partial charge in [-0.25, -0.2) is 0 Å². The third-order valence-electron chi connectivity index (χ3n) is 4.47. The maximum absolute atomic E-state index is 5.92. The van der Waals surface area contributed by atoms with Crippen molar-refractivity contribution >= 4 is 18.0 Å². The Bertz CT molecular complexity index is 746. The Morgan fingerprint density at radius 2 is 1.82 bits per heavy atom. The average Bonchev–Trinajstić information content (AvgIpc) is 3.08. The molecule has 0 saturated carbocycles. The number of hydrogen-bond acceptors (Lipinski definition) is 6. The Morgan fingerprint density at radius 3 is 2.54 bits per heavy atom. The molecule has 0 spiro atoms. The lowest BCUT2D eigenvalue weighted by atomic mass is 10.1. The molecule has 28 heavy (non-hydrogen) atoms. The van der Waals surface area contributed by atoms with Crippen LogP contribution in [0.2, 0.25) is 0 Å². The van der Waals surface area contributed by atoms with Gasteiger partial charge in [-0.2, -0.15) is 9.78 Å². The van der Waals surface area contributed by atoms with Crippen LogP contribution in [-0.4, -0.2) is 41.1 Å². The lowest BCUT2D eigenvalue weighted by Gasteiger charge is -2.11. The summed E-state index contributed by atoms with van der Waals surface area (Å²) in [6.07, 6.45) is 12.6. The summed E-state index contributed by atoms with van der Waals surface area (Å²) in [6, 6.07) is 5.85. The van der Waals surface area contributed by atoms with Gasteiger partial charge in [-0.05, 0) is 43.4 Å². The summed E-state index contributed by atoms with van der Waals surface area (Å²) >= 11 is 1.51. The molecule has 2 rings (SSSR count). The van der Waals surface area contributed by atoms with Gasteiger partial charge in [0.05, 0.1) is 19.9 Å². The Hall–Kier alpha value is -2.02. The van der Waals surface area contributed by atoms with Crippen LogP contribution >= 0.6 is 11.8 Å². The first kappa shape index (κ1) is 22.3. The number of aryl methyl sites for hydroxylation is 1. The first-order valence-corrected chi connectivity index (χ1v) is 11.2. The minimum atomic E-state index is 0.717. The quantitative estimate of drug-likeness (QED) is 0.256. The summed E-state index contributed by atoms with van der Waals surface area (Å²) in [5, 5.41) is 13.4. The normalized spacial score (nSPS) is 11.3. The minimum Gasteiger partial charge on any atom is -0.493 e. The topological polar surface area (TPSA) is 61.5 Å². The van der Waals surface area contributed by atoms with Crippen LogP contribution in [0.4, 0.5) is 0 Å². The van der Waals surface area contributed by atoms with Crippen molar-refractivity contribution in [3.05, 3.63) is 29.6 Å². The van der Waals surface area contributed by atoms with E-state index in [0.717, 1.165) is 34.5 Å². The molecule has 0 aliphatic carbocycles. The van der Waals surface area contributed by atoms with Gasteiger partial charge >= 0.3 is 0 Å². The predicted octanol–water partition coefficient (Wildman–Crippen LogP) is 5.33. The summed E-state index contributed by atoms with van der Waals surface area (Å²) in [7, 11) is 1.66. The van der Waals surface area contributed by atoms with Crippen LogP contribution in [0, 0.1) is 6.92 Å². The van der Waals surface area contributed by atoms with Gasteiger partial charge in [0.15, 0.2) is 17.3 Å². The number of thioether (sulfide) groups is 1. The summed E-state index contributed by atoms with van der Waals surface area (Å²) < 4.78 is 13.1. The van der Waals surface area contributed by atoms with Crippen molar-refractivity contribution in [3.8, 4) is 11.5 Å². The third kappa shape index (κ3) is 6.86. The molecule has 0 atom stereocenters. The fraction of sp³-hybridized carbons (Fsp3) is 0.571. The molecule has 1 heterocycles. The molecule has 0 amide bonds. The lowest BCUT2D eigenvalue weighted by Crippen LogP contribution is -2.00. The van der Waals surface area contributed by atoms with Gasteiger partial charge in [0.1, 0.15) is 0 Å². The van der Waals surface area contributed by atoms with E-state index in [1.165, 1.54) is 50.3 Å². The van der Waals surface area contributed by atoms with Crippen molar-refractivity contribution in [2.24, 2.45) is 5.10 Å². The van der Waals surface area contributed by atoms with E-state index in [2.05, 4.69) is 22.2 Å². The summed E-state index contributed by atoms with van der Waals surface area (Å²) in [5.74, 6) is 2.25. The number of benzene rings is 1. The van der Waals surface area contributed by atoms with E-state index >= 15 is 0 Å². The van der Waals surface area contributed by atoms with E-state index in [1.807, 2.05) is 31.4 Å². The Morgan fingerprint density at radius 1 is 1.07 bits per heavy atom. The SMILES string of the molecule is CCCCCCCCCOc1ccc(/C=N\n2c(C)nnc2SC)cc1OC. The fourth-order valence-electron chi connectivity index (χ4n) is 2.85. The molecule has 0 fully saturated rings. The summed E-state index contributed by atoms with van der Waals surface area (Å²) in [6.45, 7) is 4.84. The highest BCUT2D eigenvalue weighted by molar-refractivity contribution is 7.98. The van der Waals surface area contributed by atoms with Gasteiger partial charge in [-0.15, -0.1) is 10.2 Å². The van der Waals surface area contributed by atoms with Crippen molar-refractivity contribution in [1.29, 1.82) is 0 Å². The van der Waals surface area contributed by atoms with E-state index in [-0.39, 0.29) is 0 Å². The highest BCUT2D eigenvalue weighted by Gasteiger charge is 2.07. The zero-order valence-corrected chi connectivity index (χ0v) is 18.3. The van der Waals surface area contributed by atoms with E-state index in [1.54, 1.807) is 18.0 Å². The first-order chi connectivity index (χ1) is 13.7. The Labute approximate surface area is 172 Å². The maximum atomic E-state index is 5.92. The van der Waals surface area contributed by atoms with Crippen LogP contribution in [0.15, 0.2) is 28.5 Å². The number of unbranched alkanes of at least 4 members (excludes halogenated alkanes) is 6. The van der Waals surface area contributed by atoms with Gasteiger partial charge in [-0.3, -0.25) is 0 Å². The smallest absolute Gasteiger partial charge is 0.211 e. The number of rotatable bonds is 13. The third-order valence-corrected chi connectivity index (χ3v) is 5.09. The second kappa shape index (κ2) is 12.4. The number of methoxy groups -OCH3 is 1. The van der Waals surface area contributed by atoms with Crippen molar-refractivity contribution in [2.45, 2.75) is 63.9 Å². The molecule has 154 valence electrons. The van der Waals surface area contributed by atoms with E-state index in [9.17, 15) is 0 Å². The lowest BCUT2D eigenvalue weighted by molar-refractivity contribution is 0.284. The van der Waals surface area contributed by atoms with Crippen molar-refractivity contribution in [3.63, 3.8) is 0 Å². The summed E-state index contributed by atoms with van der Waals surface area (Å²) in [5.41, 5.74) is 0.931. The van der Waals surface area contributed by atoms with Crippen molar-refractivity contribution in [2.75, 3.05) is 20.0 Å².